The number of ether oxygens (including phenoxy) is 1. The molecule has 0 radical (unpaired) electrons. The average molecular weight is 357 g/mol. The fourth-order valence-electron chi connectivity index (χ4n) is 3.11. The van der Waals surface area contributed by atoms with Crippen LogP contribution in [0.5, 0.6) is 11.6 Å². The van der Waals surface area contributed by atoms with Crippen LogP contribution >= 0.6 is 0 Å². The average Bonchev–Trinajstić information content (AvgIpc) is 3.12. The summed E-state index contributed by atoms with van der Waals surface area (Å²) < 4.78 is 7.08. The smallest absolute Gasteiger partial charge is 0.268 e. The molecule has 0 bridgehead atoms. The maximum atomic E-state index is 11.9. The number of pyridine rings is 2. The monoisotopic (exact) mass is 357 g/mol. The van der Waals surface area contributed by atoms with Crippen molar-refractivity contribution >= 4 is 11.0 Å². The summed E-state index contributed by atoms with van der Waals surface area (Å²) in [5.74, 6) is 2.58. The molecule has 2 N–H and O–H groups in total. The van der Waals surface area contributed by atoms with E-state index in [-0.39, 0.29) is 11.3 Å². The van der Waals surface area contributed by atoms with Gasteiger partial charge in [-0.2, -0.15) is 0 Å². The van der Waals surface area contributed by atoms with E-state index in [0.29, 0.717) is 16.9 Å². The van der Waals surface area contributed by atoms with Gasteiger partial charge in [-0.1, -0.05) is 18.1 Å². The zero-order chi connectivity index (χ0) is 19.0. The highest BCUT2D eigenvalue weighted by Crippen LogP contribution is 2.31. The number of nitrogens with one attached hydrogen (secondary N) is 1. The minimum Gasteiger partial charge on any atom is -0.504 e. The van der Waals surface area contributed by atoms with E-state index in [0.717, 1.165) is 16.8 Å². The number of methoxy groups -OCH3 is 1. The van der Waals surface area contributed by atoms with Crippen LogP contribution in [0.1, 0.15) is 5.56 Å². The van der Waals surface area contributed by atoms with Gasteiger partial charge in [0.15, 0.2) is 5.75 Å². The lowest BCUT2D eigenvalue weighted by Gasteiger charge is -2.10. The van der Waals surface area contributed by atoms with Crippen molar-refractivity contribution in [2.75, 3.05) is 7.11 Å². The third kappa shape index (κ3) is 2.62. The van der Waals surface area contributed by atoms with Crippen LogP contribution in [0.25, 0.3) is 27.8 Å². The van der Waals surface area contributed by atoms with Gasteiger partial charge in [0.25, 0.3) is 5.56 Å². The molecule has 0 aliphatic rings. The van der Waals surface area contributed by atoms with E-state index in [9.17, 15) is 9.90 Å². The van der Waals surface area contributed by atoms with Crippen LogP contribution in [-0.2, 0) is 0 Å². The molecule has 0 saturated heterocycles. The largest absolute Gasteiger partial charge is 0.504 e. The number of rotatable bonds is 3. The summed E-state index contributed by atoms with van der Waals surface area (Å²) >= 11 is 0. The van der Waals surface area contributed by atoms with Crippen molar-refractivity contribution in [3.63, 3.8) is 0 Å². The zero-order valence-electron chi connectivity index (χ0n) is 14.4. The first-order valence-corrected chi connectivity index (χ1v) is 8.16. The Morgan fingerprint density at radius 1 is 1.22 bits per heavy atom. The molecule has 6 heteroatoms. The van der Waals surface area contributed by atoms with Crippen LogP contribution in [0.4, 0.5) is 0 Å². The van der Waals surface area contributed by atoms with Crippen molar-refractivity contribution in [3.8, 4) is 40.8 Å². The molecule has 0 saturated carbocycles. The number of fused-ring (bicyclic) bond motifs is 1. The molecule has 0 aliphatic heterocycles. The lowest BCUT2D eigenvalue weighted by atomic mass is 10.1. The summed E-state index contributed by atoms with van der Waals surface area (Å²) in [4.78, 5) is 18.8. The second kappa shape index (κ2) is 6.39. The quantitative estimate of drug-likeness (QED) is 0.552. The molecular formula is C21H15N3O3. The highest BCUT2D eigenvalue weighted by molar-refractivity contribution is 5.86. The van der Waals surface area contributed by atoms with Gasteiger partial charge in [-0.05, 0) is 35.9 Å². The number of nitrogens with zero attached hydrogens (tertiary/aromatic N) is 2. The van der Waals surface area contributed by atoms with Gasteiger partial charge in [0.2, 0.25) is 5.88 Å². The number of benzene rings is 1. The predicted octanol–water partition coefficient (Wildman–Crippen LogP) is 3.08. The van der Waals surface area contributed by atoms with E-state index in [2.05, 4.69) is 15.9 Å². The topological polar surface area (TPSA) is 80.1 Å². The molecule has 1 aromatic carbocycles. The molecule has 3 heterocycles. The van der Waals surface area contributed by atoms with Crippen LogP contribution in [0.2, 0.25) is 0 Å². The summed E-state index contributed by atoms with van der Waals surface area (Å²) in [6.07, 6.45) is 8.79. The van der Waals surface area contributed by atoms with Gasteiger partial charge >= 0.3 is 0 Å². The van der Waals surface area contributed by atoms with Crippen LogP contribution in [0.3, 0.4) is 0 Å². The normalized spacial score (nSPS) is 10.7. The molecule has 0 spiro atoms. The van der Waals surface area contributed by atoms with Gasteiger partial charge in [-0.25, -0.2) is 4.98 Å². The molecule has 0 unspecified atom stereocenters. The van der Waals surface area contributed by atoms with E-state index in [4.69, 9.17) is 11.2 Å². The number of aromatic hydroxyl groups is 1. The van der Waals surface area contributed by atoms with Crippen molar-refractivity contribution in [2.24, 2.45) is 0 Å². The number of hydrogen-bond acceptors (Lipinski definition) is 4. The second-order valence-electron chi connectivity index (χ2n) is 5.88. The first-order valence-electron chi connectivity index (χ1n) is 8.16. The summed E-state index contributed by atoms with van der Waals surface area (Å²) in [6, 6.07) is 13.2. The minimum atomic E-state index is -0.487. The van der Waals surface area contributed by atoms with Crippen LogP contribution in [0.15, 0.2) is 59.7 Å². The first kappa shape index (κ1) is 16.5. The molecule has 27 heavy (non-hydrogen) atoms. The Morgan fingerprint density at radius 2 is 2.00 bits per heavy atom. The van der Waals surface area contributed by atoms with E-state index >= 15 is 0 Å². The molecule has 3 aromatic heterocycles. The predicted molar refractivity (Wildman–Crippen MR) is 103 cm³/mol. The molecule has 0 amide bonds. The Kier molecular flexibility index (Phi) is 3.90. The Balaban J connectivity index is 1.84. The fourth-order valence-corrected chi connectivity index (χ4v) is 3.11. The van der Waals surface area contributed by atoms with Gasteiger partial charge in [0, 0.05) is 23.6 Å². The standard InChI is InChI=1S/C21H15N3O3/c1-3-15-19(25)18-17(23-20(15)26)10-12-24(18)14-8-6-13(7-9-14)16-5-4-11-22-21(16)27-2/h1,4-12H,2H3,(H2,23,25,26). The lowest BCUT2D eigenvalue weighted by Crippen LogP contribution is -2.10. The van der Waals surface area contributed by atoms with Crippen LogP contribution in [-0.4, -0.2) is 26.8 Å². The van der Waals surface area contributed by atoms with Gasteiger partial charge in [0.05, 0.1) is 12.6 Å². The number of hydrogen-bond donors (Lipinski definition) is 2. The van der Waals surface area contributed by atoms with Crippen molar-refractivity contribution in [3.05, 3.63) is 70.8 Å². The highest BCUT2D eigenvalue weighted by atomic mass is 16.5. The molecule has 0 fully saturated rings. The SMILES string of the molecule is C#Cc1c(O)c2c(ccn2-c2ccc(-c3cccnc3OC)cc2)[nH]c1=O. The van der Waals surface area contributed by atoms with Crippen molar-refractivity contribution in [2.45, 2.75) is 0 Å². The summed E-state index contributed by atoms with van der Waals surface area (Å²) in [6.45, 7) is 0. The van der Waals surface area contributed by atoms with E-state index in [1.54, 1.807) is 30.1 Å². The number of terminal acetylenes is 1. The second-order valence-corrected chi connectivity index (χ2v) is 5.88. The number of H-pyrrole nitrogens is 1. The zero-order valence-corrected chi connectivity index (χ0v) is 14.4. The Hall–Kier alpha value is -3.98. The Labute approximate surface area is 154 Å². The maximum absolute atomic E-state index is 11.9. The fraction of sp³-hybridized carbons (Fsp3) is 0.0476. The van der Waals surface area contributed by atoms with E-state index in [1.807, 2.05) is 36.4 Å². The summed E-state index contributed by atoms with van der Waals surface area (Å²) in [5, 5.41) is 10.5. The third-order valence-corrected chi connectivity index (χ3v) is 4.39. The first-order chi connectivity index (χ1) is 13.1. The maximum Gasteiger partial charge on any atom is 0.268 e. The van der Waals surface area contributed by atoms with Gasteiger partial charge in [-0.3, -0.25) is 4.79 Å². The molecule has 132 valence electrons. The molecule has 4 rings (SSSR count). The molecule has 6 nitrogen and oxygen atoms in total. The molecule has 0 aliphatic carbocycles. The minimum absolute atomic E-state index is 0.0841. The summed E-state index contributed by atoms with van der Waals surface area (Å²) in [7, 11) is 1.58. The highest BCUT2D eigenvalue weighted by Gasteiger charge is 2.15. The molecule has 0 atom stereocenters. The van der Waals surface area contributed by atoms with Crippen LogP contribution < -0.4 is 10.3 Å². The van der Waals surface area contributed by atoms with Crippen molar-refractivity contribution in [1.29, 1.82) is 0 Å². The number of aromatic nitrogens is 3. The van der Waals surface area contributed by atoms with E-state index in [1.165, 1.54) is 0 Å². The number of aromatic amines is 1. The van der Waals surface area contributed by atoms with Gasteiger partial charge < -0.3 is 19.4 Å². The summed E-state index contributed by atoms with van der Waals surface area (Å²) in [5.41, 5.74) is 3.02. The van der Waals surface area contributed by atoms with Crippen molar-refractivity contribution < 1.29 is 9.84 Å². The molecule has 4 aromatic rings. The molecular weight excluding hydrogens is 342 g/mol. The van der Waals surface area contributed by atoms with Crippen molar-refractivity contribution in [1.82, 2.24) is 14.5 Å². The van der Waals surface area contributed by atoms with Gasteiger partial charge in [-0.15, -0.1) is 6.42 Å². The van der Waals surface area contributed by atoms with Gasteiger partial charge in [0.1, 0.15) is 11.1 Å². The third-order valence-electron chi connectivity index (χ3n) is 4.39. The van der Waals surface area contributed by atoms with Crippen LogP contribution in [0, 0.1) is 12.3 Å². The Morgan fingerprint density at radius 3 is 2.70 bits per heavy atom. The lowest BCUT2D eigenvalue weighted by molar-refractivity contribution is 0.399. The Bertz CT molecular complexity index is 1240. The van der Waals surface area contributed by atoms with E-state index < -0.39 is 5.56 Å².